The molecule has 1 aromatic heterocycles. The van der Waals surface area contributed by atoms with Crippen molar-refractivity contribution in [1.29, 1.82) is 0 Å². The van der Waals surface area contributed by atoms with Crippen LogP contribution in [0.15, 0.2) is 103 Å². The van der Waals surface area contributed by atoms with Crippen LogP contribution in [-0.4, -0.2) is 22.0 Å². The van der Waals surface area contributed by atoms with Gasteiger partial charge in [-0.3, -0.25) is 4.79 Å². The van der Waals surface area contributed by atoms with Crippen molar-refractivity contribution in [2.24, 2.45) is 0 Å². The van der Waals surface area contributed by atoms with Crippen LogP contribution in [0.3, 0.4) is 0 Å². The first-order chi connectivity index (χ1) is 20.1. The summed E-state index contributed by atoms with van der Waals surface area (Å²) in [4.78, 5) is 26.0. The van der Waals surface area contributed by atoms with E-state index in [-0.39, 0.29) is 17.9 Å². The summed E-state index contributed by atoms with van der Waals surface area (Å²) in [6, 6.07) is 31.8. The molecule has 0 radical (unpaired) electrons. The minimum atomic E-state index is -0.559. The lowest BCUT2D eigenvalue weighted by Gasteiger charge is -2.20. The third kappa shape index (κ3) is 6.46. The van der Waals surface area contributed by atoms with Gasteiger partial charge in [-0.25, -0.2) is 4.79 Å². The SMILES string of the molecule is CCC(NC(=O)c1ccc2c(c1)c(C)cn2Cc1ccc(-c2ccccc2C(=O)OC(C)(C)C)cc1)c1ccccc1. The average Bonchev–Trinajstić information content (AvgIpc) is 3.29. The smallest absolute Gasteiger partial charge is 0.339 e. The molecular weight excluding hydrogens is 520 g/mol. The molecule has 5 nitrogen and oxygen atoms in total. The molecule has 5 rings (SSSR count). The Morgan fingerprint density at radius 1 is 0.881 bits per heavy atom. The highest BCUT2D eigenvalue weighted by Crippen LogP contribution is 2.28. The highest BCUT2D eigenvalue weighted by atomic mass is 16.6. The summed E-state index contributed by atoms with van der Waals surface area (Å²) in [5.41, 5.74) is 6.92. The van der Waals surface area contributed by atoms with Crippen molar-refractivity contribution in [3.05, 3.63) is 131 Å². The highest BCUT2D eigenvalue weighted by molar-refractivity contribution is 5.99. The number of nitrogens with one attached hydrogen (secondary N) is 1. The first-order valence-electron chi connectivity index (χ1n) is 14.5. The van der Waals surface area contributed by atoms with Crippen LogP contribution in [0, 0.1) is 6.92 Å². The number of benzene rings is 4. The van der Waals surface area contributed by atoms with Crippen LogP contribution in [0.25, 0.3) is 22.0 Å². The quantitative estimate of drug-likeness (QED) is 0.194. The number of carbonyl (C=O) groups excluding carboxylic acids is 2. The Morgan fingerprint density at radius 3 is 2.26 bits per heavy atom. The van der Waals surface area contributed by atoms with Gasteiger partial charge in [0.1, 0.15) is 5.60 Å². The molecule has 1 N–H and O–H groups in total. The minimum absolute atomic E-state index is 0.0286. The molecular formula is C37H38N2O3. The molecule has 0 saturated carbocycles. The number of ether oxygens (including phenoxy) is 1. The van der Waals surface area contributed by atoms with E-state index < -0.39 is 5.60 Å². The van der Waals surface area contributed by atoms with Crippen LogP contribution in [-0.2, 0) is 11.3 Å². The minimum Gasteiger partial charge on any atom is -0.456 e. The largest absolute Gasteiger partial charge is 0.456 e. The molecule has 42 heavy (non-hydrogen) atoms. The molecule has 4 aromatic carbocycles. The van der Waals surface area contributed by atoms with E-state index in [1.165, 1.54) is 0 Å². The van der Waals surface area contributed by atoms with Gasteiger partial charge in [-0.2, -0.15) is 0 Å². The van der Waals surface area contributed by atoms with Crippen molar-refractivity contribution in [2.75, 3.05) is 0 Å². The van der Waals surface area contributed by atoms with E-state index in [0.29, 0.717) is 17.7 Å². The molecule has 0 aliphatic carbocycles. The predicted molar refractivity (Wildman–Crippen MR) is 170 cm³/mol. The van der Waals surface area contributed by atoms with Gasteiger partial charge in [0.2, 0.25) is 0 Å². The normalized spacial score (nSPS) is 12.2. The van der Waals surface area contributed by atoms with Crippen molar-refractivity contribution in [3.8, 4) is 11.1 Å². The number of rotatable bonds is 8. The molecule has 0 spiro atoms. The first kappa shape index (κ1) is 28.9. The van der Waals surface area contributed by atoms with Gasteiger partial charge in [-0.15, -0.1) is 0 Å². The number of hydrogen-bond acceptors (Lipinski definition) is 3. The van der Waals surface area contributed by atoms with Gasteiger partial charge in [0.05, 0.1) is 11.6 Å². The first-order valence-corrected chi connectivity index (χ1v) is 14.5. The zero-order chi connectivity index (χ0) is 29.9. The number of amides is 1. The van der Waals surface area contributed by atoms with E-state index in [1.807, 2.05) is 93.6 Å². The van der Waals surface area contributed by atoms with Crippen LogP contribution >= 0.6 is 0 Å². The molecule has 1 unspecified atom stereocenters. The summed E-state index contributed by atoms with van der Waals surface area (Å²) in [7, 11) is 0. The van der Waals surface area contributed by atoms with Crippen LogP contribution < -0.4 is 5.32 Å². The lowest BCUT2D eigenvalue weighted by Crippen LogP contribution is -2.28. The summed E-state index contributed by atoms with van der Waals surface area (Å²) in [5.74, 6) is -0.392. The van der Waals surface area contributed by atoms with E-state index in [0.717, 1.165) is 45.1 Å². The van der Waals surface area contributed by atoms with E-state index in [4.69, 9.17) is 4.74 Å². The zero-order valence-corrected chi connectivity index (χ0v) is 25.0. The molecule has 0 fully saturated rings. The Hall–Kier alpha value is -4.64. The Balaban J connectivity index is 1.34. The van der Waals surface area contributed by atoms with Gasteiger partial charge in [0.15, 0.2) is 0 Å². The fraction of sp³-hybridized carbons (Fsp3) is 0.243. The zero-order valence-electron chi connectivity index (χ0n) is 25.0. The highest BCUT2D eigenvalue weighted by Gasteiger charge is 2.21. The summed E-state index contributed by atoms with van der Waals surface area (Å²) >= 11 is 0. The Labute approximate surface area is 248 Å². The van der Waals surface area contributed by atoms with E-state index >= 15 is 0 Å². The summed E-state index contributed by atoms with van der Waals surface area (Å²) in [6.07, 6.45) is 2.95. The fourth-order valence-corrected chi connectivity index (χ4v) is 5.33. The second kappa shape index (κ2) is 12.1. The topological polar surface area (TPSA) is 60.3 Å². The molecule has 0 bridgehead atoms. The van der Waals surface area contributed by atoms with Gasteiger partial charge >= 0.3 is 5.97 Å². The van der Waals surface area contributed by atoms with Crippen molar-refractivity contribution in [2.45, 2.75) is 59.2 Å². The van der Waals surface area contributed by atoms with Gasteiger partial charge in [0.25, 0.3) is 5.91 Å². The molecule has 1 amide bonds. The van der Waals surface area contributed by atoms with Crippen molar-refractivity contribution in [3.63, 3.8) is 0 Å². The molecule has 5 aromatic rings. The van der Waals surface area contributed by atoms with Gasteiger partial charge < -0.3 is 14.6 Å². The van der Waals surface area contributed by atoms with Crippen LogP contribution in [0.2, 0.25) is 0 Å². The second-order valence-corrected chi connectivity index (χ2v) is 11.8. The van der Waals surface area contributed by atoms with Gasteiger partial charge in [-0.05, 0) is 86.2 Å². The lowest BCUT2D eigenvalue weighted by molar-refractivity contribution is 0.00703. The molecule has 1 atom stereocenters. The van der Waals surface area contributed by atoms with Gasteiger partial charge in [-0.1, -0.05) is 79.7 Å². The maximum atomic E-state index is 13.2. The maximum Gasteiger partial charge on any atom is 0.339 e. The van der Waals surface area contributed by atoms with E-state index in [9.17, 15) is 9.59 Å². The maximum absolute atomic E-state index is 13.2. The van der Waals surface area contributed by atoms with Gasteiger partial charge in [0, 0.05) is 29.2 Å². The van der Waals surface area contributed by atoms with Crippen molar-refractivity contribution in [1.82, 2.24) is 9.88 Å². The predicted octanol–water partition coefficient (Wildman–Crippen LogP) is 8.50. The molecule has 0 aliphatic rings. The number of nitrogens with zero attached hydrogens (tertiary/aromatic N) is 1. The Bertz CT molecular complexity index is 1710. The summed E-state index contributed by atoms with van der Waals surface area (Å²) in [5, 5.41) is 4.26. The van der Waals surface area contributed by atoms with Crippen molar-refractivity contribution < 1.29 is 14.3 Å². The number of carbonyl (C=O) groups is 2. The lowest BCUT2D eigenvalue weighted by atomic mass is 9.98. The number of hydrogen-bond donors (Lipinski definition) is 1. The summed E-state index contributed by atoms with van der Waals surface area (Å²) < 4.78 is 7.85. The number of aromatic nitrogens is 1. The molecule has 5 heteroatoms. The van der Waals surface area contributed by atoms with E-state index in [2.05, 4.69) is 54.2 Å². The Kier molecular flexibility index (Phi) is 8.30. The summed E-state index contributed by atoms with van der Waals surface area (Å²) in [6.45, 7) is 10.5. The molecule has 0 saturated heterocycles. The fourth-order valence-electron chi connectivity index (χ4n) is 5.33. The molecule has 0 aliphatic heterocycles. The molecule has 214 valence electrons. The van der Waals surface area contributed by atoms with Crippen LogP contribution in [0.5, 0.6) is 0 Å². The van der Waals surface area contributed by atoms with Crippen LogP contribution in [0.4, 0.5) is 0 Å². The van der Waals surface area contributed by atoms with E-state index in [1.54, 1.807) is 0 Å². The van der Waals surface area contributed by atoms with Crippen molar-refractivity contribution >= 4 is 22.8 Å². The number of aryl methyl sites for hydroxylation is 1. The number of esters is 1. The second-order valence-electron chi connectivity index (χ2n) is 11.8. The van der Waals surface area contributed by atoms with Crippen LogP contribution in [0.1, 0.15) is 77.6 Å². The molecule has 1 heterocycles. The Morgan fingerprint density at radius 2 is 1.57 bits per heavy atom. The standard InChI is InChI=1S/C37H38N2O3/c1-6-33(28-12-8-7-9-13-28)38-35(40)29-20-21-34-32(22-29)25(2)23-39(34)24-26-16-18-27(19-17-26)30-14-10-11-15-31(30)36(41)42-37(3,4)5/h7-23,33H,6,24H2,1-5H3,(H,38,40). The average molecular weight is 559 g/mol. The monoisotopic (exact) mass is 558 g/mol. The number of fused-ring (bicyclic) bond motifs is 1. The third-order valence-electron chi connectivity index (χ3n) is 7.42. The third-order valence-corrected chi connectivity index (χ3v) is 7.42.